The fraction of sp³-hybridized carbons (Fsp3) is 0.238. The number of carbonyl (C=O) groups excluding carboxylic acids is 1. The van der Waals surface area contributed by atoms with Crippen molar-refractivity contribution < 1.29 is 17.9 Å². The smallest absolute Gasteiger partial charge is 0.305 e. The number of nitrogens with zero attached hydrogens (tertiary/aromatic N) is 1. The van der Waals surface area contributed by atoms with Crippen LogP contribution in [0.3, 0.4) is 0 Å². The Morgan fingerprint density at radius 2 is 2.07 bits per heavy atom. The quantitative estimate of drug-likeness (QED) is 0.324. The fourth-order valence-electron chi connectivity index (χ4n) is 2.68. The maximum Gasteiger partial charge on any atom is 0.305 e. The average molecular weight is 463 g/mol. The highest BCUT2D eigenvalue weighted by Crippen LogP contribution is 2.27. The number of carbonyl (C=O) groups is 1. The minimum Gasteiger partial charge on any atom is -0.469 e. The predicted octanol–water partition coefficient (Wildman–Crippen LogP) is 4.75. The molecule has 0 bridgehead atoms. The first-order valence-corrected chi connectivity index (χ1v) is 11.7. The molecule has 0 aliphatic rings. The molecule has 1 aromatic heterocycles. The van der Waals surface area contributed by atoms with E-state index in [1.165, 1.54) is 24.5 Å². The number of rotatable bonds is 6. The molecular weight excluding hydrogens is 444 g/mol. The van der Waals surface area contributed by atoms with E-state index in [0.29, 0.717) is 29.1 Å². The number of halogens is 1. The summed E-state index contributed by atoms with van der Waals surface area (Å²) >= 11 is 7.50. The average Bonchev–Trinajstić information content (AvgIpc) is 3.08. The van der Waals surface area contributed by atoms with Crippen LogP contribution in [0.4, 0.5) is 5.69 Å². The molecule has 1 heterocycles. The summed E-state index contributed by atoms with van der Waals surface area (Å²) in [6.07, 6.45) is 1.30. The van der Waals surface area contributed by atoms with E-state index in [1.807, 2.05) is 6.92 Å². The van der Waals surface area contributed by atoms with Crippen LogP contribution < -0.4 is 4.72 Å². The number of ether oxygens (including phenoxy) is 1. The number of sulfonamides is 1. The Morgan fingerprint density at radius 1 is 1.27 bits per heavy atom. The van der Waals surface area contributed by atoms with E-state index in [1.54, 1.807) is 30.3 Å². The lowest BCUT2D eigenvalue weighted by molar-refractivity contribution is -0.140. The molecule has 0 saturated carbocycles. The van der Waals surface area contributed by atoms with Gasteiger partial charge in [0.05, 0.1) is 38.5 Å². The Labute approximate surface area is 184 Å². The molecule has 0 aliphatic carbocycles. The standard InChI is InChI=1S/C21H19ClN2O4S2/c1-14-23-19-11-9-17(13-20(19)29-14)30(26,27)24-18-10-8-16(22)12-15(18)6-4-3-5-7-21(25)28-2/h8-13,24H,3,5,7H2,1-2H3. The Balaban J connectivity index is 1.82. The van der Waals surface area contributed by atoms with E-state index in [4.69, 9.17) is 11.6 Å². The molecule has 0 unspecified atom stereocenters. The third-order valence-electron chi connectivity index (χ3n) is 4.14. The van der Waals surface area contributed by atoms with Gasteiger partial charge in [-0.05, 0) is 49.7 Å². The summed E-state index contributed by atoms with van der Waals surface area (Å²) in [5.41, 5.74) is 1.56. The number of unbranched alkanes of at least 4 members (excludes halogenated alkanes) is 1. The maximum absolute atomic E-state index is 12.9. The summed E-state index contributed by atoms with van der Waals surface area (Å²) in [7, 11) is -2.48. The van der Waals surface area contributed by atoms with Crippen LogP contribution in [0.1, 0.15) is 29.8 Å². The van der Waals surface area contributed by atoms with Gasteiger partial charge in [-0.15, -0.1) is 11.3 Å². The van der Waals surface area contributed by atoms with Crippen LogP contribution in [0.15, 0.2) is 41.3 Å². The van der Waals surface area contributed by atoms with Crippen molar-refractivity contribution in [1.82, 2.24) is 4.98 Å². The molecule has 6 nitrogen and oxygen atoms in total. The molecule has 3 rings (SSSR count). The topological polar surface area (TPSA) is 85.4 Å². The van der Waals surface area contributed by atoms with Gasteiger partial charge in [0.25, 0.3) is 10.0 Å². The first-order chi connectivity index (χ1) is 14.3. The molecular formula is C21H19ClN2O4S2. The molecule has 0 amide bonds. The number of aromatic nitrogens is 1. The molecule has 2 aromatic carbocycles. The molecule has 0 radical (unpaired) electrons. The van der Waals surface area contributed by atoms with E-state index in [9.17, 15) is 13.2 Å². The predicted molar refractivity (Wildman–Crippen MR) is 119 cm³/mol. The second kappa shape index (κ2) is 9.47. The largest absolute Gasteiger partial charge is 0.469 e. The monoisotopic (exact) mass is 462 g/mol. The summed E-state index contributed by atoms with van der Waals surface area (Å²) in [5, 5.41) is 1.31. The molecule has 0 saturated heterocycles. The third-order valence-corrected chi connectivity index (χ3v) is 6.67. The minimum atomic E-state index is -3.82. The zero-order valence-electron chi connectivity index (χ0n) is 16.4. The highest BCUT2D eigenvalue weighted by Gasteiger charge is 2.17. The van der Waals surface area contributed by atoms with Crippen LogP contribution in [-0.2, 0) is 19.6 Å². The lowest BCUT2D eigenvalue weighted by Crippen LogP contribution is -2.13. The summed E-state index contributed by atoms with van der Waals surface area (Å²) in [5.74, 6) is 5.58. The zero-order valence-corrected chi connectivity index (χ0v) is 18.7. The first-order valence-electron chi connectivity index (χ1n) is 9.04. The third kappa shape index (κ3) is 5.51. The van der Waals surface area contributed by atoms with E-state index in [2.05, 4.69) is 26.3 Å². The van der Waals surface area contributed by atoms with Gasteiger partial charge in [-0.2, -0.15) is 0 Å². The molecule has 1 N–H and O–H groups in total. The number of thiazole rings is 1. The number of hydrogen-bond donors (Lipinski definition) is 1. The summed E-state index contributed by atoms with van der Waals surface area (Å²) < 4.78 is 33.8. The van der Waals surface area contributed by atoms with Gasteiger partial charge in [-0.25, -0.2) is 13.4 Å². The molecule has 0 atom stereocenters. The van der Waals surface area contributed by atoms with Crippen molar-refractivity contribution in [2.45, 2.75) is 31.1 Å². The summed E-state index contributed by atoms with van der Waals surface area (Å²) in [6.45, 7) is 1.88. The second-order valence-electron chi connectivity index (χ2n) is 6.39. The highest BCUT2D eigenvalue weighted by atomic mass is 35.5. The molecule has 0 aliphatic heterocycles. The van der Waals surface area contributed by atoms with Gasteiger partial charge in [-0.3, -0.25) is 9.52 Å². The number of methoxy groups -OCH3 is 1. The molecule has 0 fully saturated rings. The number of anilines is 1. The van der Waals surface area contributed by atoms with Crippen molar-refractivity contribution in [2.75, 3.05) is 11.8 Å². The molecule has 0 spiro atoms. The summed E-state index contributed by atoms with van der Waals surface area (Å²) in [4.78, 5) is 15.6. The first kappa shape index (κ1) is 22.1. The van der Waals surface area contributed by atoms with Gasteiger partial charge in [0.1, 0.15) is 0 Å². The zero-order chi connectivity index (χ0) is 21.7. The van der Waals surface area contributed by atoms with E-state index in [0.717, 1.165) is 15.2 Å². The second-order valence-corrected chi connectivity index (χ2v) is 9.74. The van der Waals surface area contributed by atoms with E-state index < -0.39 is 10.0 Å². The molecule has 30 heavy (non-hydrogen) atoms. The highest BCUT2D eigenvalue weighted by molar-refractivity contribution is 7.92. The van der Waals surface area contributed by atoms with Crippen LogP contribution in [0, 0.1) is 18.8 Å². The van der Waals surface area contributed by atoms with Crippen molar-refractivity contribution >= 4 is 54.8 Å². The fourth-order valence-corrected chi connectivity index (χ4v) is 4.90. The Hall–Kier alpha value is -2.60. The number of esters is 1. The number of fused-ring (bicyclic) bond motifs is 1. The van der Waals surface area contributed by atoms with Gasteiger partial charge < -0.3 is 4.74 Å². The van der Waals surface area contributed by atoms with E-state index >= 15 is 0 Å². The molecule has 156 valence electrons. The van der Waals surface area contributed by atoms with Crippen molar-refractivity contribution in [3.63, 3.8) is 0 Å². The minimum absolute atomic E-state index is 0.144. The lowest BCUT2D eigenvalue weighted by Gasteiger charge is -2.10. The Bertz CT molecular complexity index is 1260. The van der Waals surface area contributed by atoms with Gasteiger partial charge in [0.15, 0.2) is 0 Å². The van der Waals surface area contributed by atoms with Gasteiger partial charge in [0, 0.05) is 17.9 Å². The van der Waals surface area contributed by atoms with Crippen LogP contribution in [0.25, 0.3) is 10.2 Å². The van der Waals surface area contributed by atoms with Crippen LogP contribution in [-0.4, -0.2) is 26.5 Å². The van der Waals surface area contributed by atoms with Crippen molar-refractivity contribution in [3.8, 4) is 11.8 Å². The number of benzene rings is 2. The number of nitrogens with one attached hydrogen (secondary N) is 1. The Morgan fingerprint density at radius 3 is 2.83 bits per heavy atom. The maximum atomic E-state index is 12.9. The Kier molecular flexibility index (Phi) is 6.98. The van der Waals surface area contributed by atoms with Gasteiger partial charge >= 0.3 is 5.97 Å². The normalized spacial score (nSPS) is 11.0. The molecule has 3 aromatic rings. The SMILES string of the molecule is COC(=O)CCCC#Cc1cc(Cl)ccc1NS(=O)(=O)c1ccc2nc(C)sc2c1. The van der Waals surface area contributed by atoms with Crippen molar-refractivity contribution in [3.05, 3.63) is 52.0 Å². The summed E-state index contributed by atoms with van der Waals surface area (Å²) in [6, 6.07) is 9.60. The lowest BCUT2D eigenvalue weighted by atomic mass is 10.1. The molecule has 9 heteroatoms. The van der Waals surface area contributed by atoms with Crippen LogP contribution in [0.2, 0.25) is 5.02 Å². The van der Waals surface area contributed by atoms with E-state index in [-0.39, 0.29) is 17.3 Å². The van der Waals surface area contributed by atoms with Gasteiger partial charge in [0.2, 0.25) is 0 Å². The van der Waals surface area contributed by atoms with Crippen molar-refractivity contribution in [2.24, 2.45) is 0 Å². The van der Waals surface area contributed by atoms with Crippen molar-refractivity contribution in [1.29, 1.82) is 0 Å². The van der Waals surface area contributed by atoms with Crippen LogP contribution >= 0.6 is 22.9 Å². The number of hydrogen-bond acceptors (Lipinski definition) is 6. The number of aryl methyl sites for hydroxylation is 1. The van der Waals surface area contributed by atoms with Crippen LogP contribution in [0.5, 0.6) is 0 Å². The van der Waals surface area contributed by atoms with Gasteiger partial charge in [-0.1, -0.05) is 23.4 Å².